The monoisotopic (exact) mass is 319 g/mol. The molecule has 1 aromatic heterocycles. The van der Waals surface area contributed by atoms with E-state index in [0.717, 1.165) is 44.0 Å². The summed E-state index contributed by atoms with van der Waals surface area (Å²) in [5, 5.41) is 13.3. The molecule has 2 heterocycles. The SMILES string of the molecule is CN1CCN(c2cc(NCC3CCCCC3O)ncn2)CC1=O. The smallest absolute Gasteiger partial charge is 0.241 e. The summed E-state index contributed by atoms with van der Waals surface area (Å²) in [7, 11) is 1.82. The third kappa shape index (κ3) is 3.90. The van der Waals surface area contributed by atoms with Crippen LogP contribution in [0.5, 0.6) is 0 Å². The topological polar surface area (TPSA) is 81.6 Å². The molecule has 2 unspecified atom stereocenters. The molecule has 2 aliphatic rings. The second kappa shape index (κ2) is 7.12. The first-order chi connectivity index (χ1) is 11.1. The number of carbonyl (C=O) groups excluding carboxylic acids is 1. The van der Waals surface area contributed by atoms with E-state index in [-0.39, 0.29) is 17.9 Å². The molecule has 1 aliphatic heterocycles. The highest BCUT2D eigenvalue weighted by molar-refractivity contribution is 5.82. The number of piperazine rings is 1. The molecule has 2 N–H and O–H groups in total. The molecule has 2 atom stereocenters. The Bertz CT molecular complexity index is 553. The van der Waals surface area contributed by atoms with Gasteiger partial charge in [-0.3, -0.25) is 4.79 Å². The first kappa shape index (κ1) is 16.0. The highest BCUT2D eigenvalue weighted by Crippen LogP contribution is 2.25. The van der Waals surface area contributed by atoms with Gasteiger partial charge in [0.15, 0.2) is 0 Å². The molecule has 1 aliphatic carbocycles. The van der Waals surface area contributed by atoms with E-state index in [9.17, 15) is 9.90 Å². The summed E-state index contributed by atoms with van der Waals surface area (Å²) < 4.78 is 0. The van der Waals surface area contributed by atoms with Gasteiger partial charge in [0.1, 0.15) is 18.0 Å². The van der Waals surface area contributed by atoms with Gasteiger partial charge in [0.25, 0.3) is 0 Å². The predicted octanol–water partition coefficient (Wildman–Crippen LogP) is 0.718. The molecule has 1 saturated heterocycles. The summed E-state index contributed by atoms with van der Waals surface area (Å²) in [5.41, 5.74) is 0. The van der Waals surface area contributed by atoms with Crippen LogP contribution in [0.15, 0.2) is 12.4 Å². The summed E-state index contributed by atoms with van der Waals surface area (Å²) in [4.78, 5) is 24.1. The van der Waals surface area contributed by atoms with Crippen molar-refractivity contribution in [1.29, 1.82) is 0 Å². The summed E-state index contributed by atoms with van der Waals surface area (Å²) in [5.74, 6) is 1.91. The fourth-order valence-corrected chi connectivity index (χ4v) is 3.23. The van der Waals surface area contributed by atoms with Crippen molar-refractivity contribution in [2.24, 2.45) is 5.92 Å². The summed E-state index contributed by atoms with van der Waals surface area (Å²) in [6.45, 7) is 2.56. The van der Waals surface area contributed by atoms with Crippen LogP contribution in [0.25, 0.3) is 0 Å². The minimum absolute atomic E-state index is 0.106. The van der Waals surface area contributed by atoms with Crippen molar-refractivity contribution in [3.63, 3.8) is 0 Å². The molecular formula is C16H25N5O2. The molecule has 0 aromatic carbocycles. The maximum absolute atomic E-state index is 11.8. The largest absolute Gasteiger partial charge is 0.393 e. The van der Waals surface area contributed by atoms with Gasteiger partial charge in [-0.05, 0) is 12.8 Å². The van der Waals surface area contributed by atoms with Crippen LogP contribution < -0.4 is 10.2 Å². The Morgan fingerprint density at radius 2 is 2.13 bits per heavy atom. The van der Waals surface area contributed by atoms with E-state index in [0.29, 0.717) is 13.1 Å². The lowest BCUT2D eigenvalue weighted by molar-refractivity contribution is -0.129. The highest BCUT2D eigenvalue weighted by Gasteiger charge is 2.24. The molecule has 1 aromatic rings. The van der Waals surface area contributed by atoms with Crippen LogP contribution in [0.1, 0.15) is 25.7 Å². The Labute approximate surface area is 136 Å². The third-order valence-corrected chi connectivity index (χ3v) is 4.85. The maximum Gasteiger partial charge on any atom is 0.241 e. The second-order valence-electron chi connectivity index (χ2n) is 6.49. The average Bonchev–Trinajstić information content (AvgIpc) is 2.57. The standard InChI is InChI=1S/C16H25N5O2/c1-20-6-7-21(10-16(20)23)15-8-14(18-11-19-15)17-9-12-4-2-3-5-13(12)22/h8,11-13,22H,2-7,9-10H2,1H3,(H,17,18,19). The fraction of sp³-hybridized carbons (Fsp3) is 0.688. The molecule has 23 heavy (non-hydrogen) atoms. The van der Waals surface area contributed by atoms with E-state index in [4.69, 9.17) is 0 Å². The Kier molecular flexibility index (Phi) is 4.95. The van der Waals surface area contributed by atoms with Crippen molar-refractivity contribution < 1.29 is 9.90 Å². The van der Waals surface area contributed by atoms with Gasteiger partial charge in [0, 0.05) is 38.7 Å². The molecule has 3 rings (SSSR count). The van der Waals surface area contributed by atoms with Gasteiger partial charge in [-0.25, -0.2) is 9.97 Å². The molecule has 126 valence electrons. The minimum Gasteiger partial charge on any atom is -0.393 e. The molecule has 2 fully saturated rings. The minimum atomic E-state index is -0.215. The van der Waals surface area contributed by atoms with Crippen molar-refractivity contribution >= 4 is 17.5 Å². The lowest BCUT2D eigenvalue weighted by atomic mass is 9.86. The fourth-order valence-electron chi connectivity index (χ4n) is 3.23. The predicted molar refractivity (Wildman–Crippen MR) is 88.3 cm³/mol. The number of aromatic nitrogens is 2. The van der Waals surface area contributed by atoms with Gasteiger partial charge in [0.05, 0.1) is 12.6 Å². The molecule has 0 radical (unpaired) electrons. The van der Waals surface area contributed by atoms with Crippen molar-refractivity contribution in [2.45, 2.75) is 31.8 Å². The Balaban J connectivity index is 1.60. The molecular weight excluding hydrogens is 294 g/mol. The first-order valence-electron chi connectivity index (χ1n) is 8.36. The van der Waals surface area contributed by atoms with Gasteiger partial charge in [-0.15, -0.1) is 0 Å². The highest BCUT2D eigenvalue weighted by atomic mass is 16.3. The van der Waals surface area contributed by atoms with Crippen LogP contribution in [0, 0.1) is 5.92 Å². The van der Waals surface area contributed by atoms with Crippen molar-refractivity contribution in [2.75, 3.05) is 43.4 Å². The molecule has 7 nitrogen and oxygen atoms in total. The van der Waals surface area contributed by atoms with Crippen LogP contribution in [0.4, 0.5) is 11.6 Å². The van der Waals surface area contributed by atoms with Gasteiger partial charge in [-0.1, -0.05) is 12.8 Å². The summed E-state index contributed by atoms with van der Waals surface area (Å²) in [6.07, 6.45) is 5.56. The number of nitrogens with zero attached hydrogens (tertiary/aromatic N) is 4. The number of hydrogen-bond acceptors (Lipinski definition) is 6. The summed E-state index contributed by atoms with van der Waals surface area (Å²) in [6, 6.07) is 1.88. The number of likely N-dealkylation sites (N-methyl/N-ethyl adjacent to an activating group) is 1. The molecule has 1 amide bonds. The lowest BCUT2D eigenvalue weighted by Crippen LogP contribution is -2.48. The normalized spacial score (nSPS) is 25.6. The summed E-state index contributed by atoms with van der Waals surface area (Å²) >= 11 is 0. The zero-order chi connectivity index (χ0) is 16.2. The number of aliphatic hydroxyl groups is 1. The number of rotatable bonds is 4. The van der Waals surface area contributed by atoms with E-state index < -0.39 is 0 Å². The van der Waals surface area contributed by atoms with Crippen LogP contribution >= 0.6 is 0 Å². The van der Waals surface area contributed by atoms with E-state index >= 15 is 0 Å². The lowest BCUT2D eigenvalue weighted by Gasteiger charge is -2.32. The van der Waals surface area contributed by atoms with Gasteiger partial charge >= 0.3 is 0 Å². The van der Waals surface area contributed by atoms with Crippen LogP contribution in [-0.2, 0) is 4.79 Å². The van der Waals surface area contributed by atoms with Crippen molar-refractivity contribution in [3.8, 4) is 0 Å². The zero-order valence-electron chi connectivity index (χ0n) is 13.6. The van der Waals surface area contributed by atoms with Crippen LogP contribution in [0.2, 0.25) is 0 Å². The van der Waals surface area contributed by atoms with Gasteiger partial charge in [0.2, 0.25) is 5.91 Å². The van der Waals surface area contributed by atoms with Gasteiger partial charge < -0.3 is 20.2 Å². The van der Waals surface area contributed by atoms with Crippen molar-refractivity contribution in [1.82, 2.24) is 14.9 Å². The number of anilines is 2. The van der Waals surface area contributed by atoms with E-state index in [1.54, 1.807) is 4.90 Å². The third-order valence-electron chi connectivity index (χ3n) is 4.85. The molecule has 7 heteroatoms. The Morgan fingerprint density at radius 3 is 2.91 bits per heavy atom. The molecule has 0 spiro atoms. The Hall–Kier alpha value is -1.89. The van der Waals surface area contributed by atoms with E-state index in [2.05, 4.69) is 15.3 Å². The van der Waals surface area contributed by atoms with Gasteiger partial charge in [-0.2, -0.15) is 0 Å². The molecule has 0 bridgehead atoms. The van der Waals surface area contributed by atoms with Crippen LogP contribution in [-0.4, -0.2) is 65.2 Å². The quantitative estimate of drug-likeness (QED) is 0.851. The number of carbonyl (C=O) groups is 1. The van der Waals surface area contributed by atoms with E-state index in [1.165, 1.54) is 12.7 Å². The van der Waals surface area contributed by atoms with Crippen molar-refractivity contribution in [3.05, 3.63) is 12.4 Å². The number of nitrogens with one attached hydrogen (secondary N) is 1. The zero-order valence-corrected chi connectivity index (χ0v) is 13.6. The second-order valence-corrected chi connectivity index (χ2v) is 6.49. The average molecular weight is 319 g/mol. The number of aliphatic hydroxyl groups excluding tert-OH is 1. The number of amides is 1. The molecule has 1 saturated carbocycles. The first-order valence-corrected chi connectivity index (χ1v) is 8.36. The van der Waals surface area contributed by atoms with Crippen LogP contribution in [0.3, 0.4) is 0 Å². The maximum atomic E-state index is 11.8. The number of hydrogen-bond donors (Lipinski definition) is 2. The van der Waals surface area contributed by atoms with E-state index in [1.807, 2.05) is 18.0 Å². The Morgan fingerprint density at radius 1 is 1.30 bits per heavy atom.